The highest BCUT2D eigenvalue weighted by Crippen LogP contribution is 2.63. The second kappa shape index (κ2) is 12.6. The van der Waals surface area contributed by atoms with Crippen LogP contribution in [-0.4, -0.2) is 72.6 Å². The number of ether oxygens (including phenoxy) is 1. The largest absolute Gasteiger partial charge is 0.378 e. The summed E-state index contributed by atoms with van der Waals surface area (Å²) < 4.78 is 14.2. The van der Waals surface area contributed by atoms with Crippen molar-refractivity contribution in [3.63, 3.8) is 0 Å². The number of hydrogen-bond acceptors (Lipinski definition) is 6. The van der Waals surface area contributed by atoms with Crippen LogP contribution in [0.25, 0.3) is 0 Å². The summed E-state index contributed by atoms with van der Waals surface area (Å²) in [5.41, 5.74) is 3.82. The highest BCUT2D eigenvalue weighted by molar-refractivity contribution is 7.72. The van der Waals surface area contributed by atoms with Crippen molar-refractivity contribution in [1.29, 1.82) is 0 Å². The number of rotatable bonds is 7. The van der Waals surface area contributed by atoms with Crippen LogP contribution in [0.4, 0.5) is 17.1 Å². The summed E-state index contributed by atoms with van der Waals surface area (Å²) in [4.78, 5) is 16.1. The monoisotopic (exact) mass is 571 g/mol. The van der Waals surface area contributed by atoms with Gasteiger partial charge in [-0.3, -0.25) is 14.8 Å². The molecular weight excluding hydrogens is 533 g/mol. The van der Waals surface area contributed by atoms with Crippen molar-refractivity contribution >= 4 is 29.6 Å². The number of nitro groups is 1. The number of nitrogens with zero attached hydrogens (tertiary/aromatic N) is 5. The van der Waals surface area contributed by atoms with Gasteiger partial charge in [0.2, 0.25) is 0 Å². The van der Waals surface area contributed by atoms with Crippen molar-refractivity contribution in [2.75, 3.05) is 57.4 Å². The molecule has 214 valence electrons. The first-order chi connectivity index (χ1) is 20.1. The zero-order chi connectivity index (χ0) is 28.1. The average Bonchev–Trinajstić information content (AvgIpc) is 3.05. The van der Waals surface area contributed by atoms with E-state index in [1.54, 1.807) is 12.1 Å². The molecule has 0 saturated carbocycles. The number of anilines is 1. The molecule has 3 aromatic carbocycles. The SMILES string of the molecule is O=[N+]([O-])c1ccc(N=[P@](c2ccccc2)([C@@H]2CCCC=C2N2CCOCC2)N2CCN(c3ccccc3)CC2)cc1. The van der Waals surface area contributed by atoms with Gasteiger partial charge in [0.1, 0.15) is 0 Å². The molecule has 2 fully saturated rings. The summed E-state index contributed by atoms with van der Waals surface area (Å²) in [6.07, 6.45) is 5.74. The molecule has 3 aromatic rings. The van der Waals surface area contributed by atoms with Gasteiger partial charge < -0.3 is 14.5 Å². The number of benzene rings is 3. The van der Waals surface area contributed by atoms with Gasteiger partial charge in [-0.05, 0) is 43.5 Å². The maximum Gasteiger partial charge on any atom is 0.269 e. The predicted molar refractivity (Wildman–Crippen MR) is 167 cm³/mol. The van der Waals surface area contributed by atoms with Gasteiger partial charge in [-0.2, -0.15) is 0 Å². The number of para-hydroxylation sites is 1. The van der Waals surface area contributed by atoms with Crippen molar-refractivity contribution in [3.8, 4) is 0 Å². The summed E-state index contributed by atoms with van der Waals surface area (Å²) in [5.74, 6) is 0. The lowest BCUT2D eigenvalue weighted by atomic mass is 10.0. The molecule has 0 radical (unpaired) electrons. The Kier molecular flexibility index (Phi) is 8.51. The highest BCUT2D eigenvalue weighted by atomic mass is 31.2. The molecule has 6 rings (SSSR count). The molecule has 2 saturated heterocycles. The molecular formula is C32H38N5O3P. The number of allylic oxidation sites excluding steroid dienone is 2. The average molecular weight is 572 g/mol. The van der Waals surface area contributed by atoms with Crippen LogP contribution in [0.3, 0.4) is 0 Å². The lowest BCUT2D eigenvalue weighted by molar-refractivity contribution is -0.384. The molecule has 2 aliphatic heterocycles. The molecule has 2 atom stereocenters. The molecule has 8 nitrogen and oxygen atoms in total. The number of hydrogen-bond donors (Lipinski definition) is 0. The van der Waals surface area contributed by atoms with E-state index in [1.807, 2.05) is 12.1 Å². The van der Waals surface area contributed by atoms with Gasteiger partial charge in [-0.15, -0.1) is 0 Å². The van der Waals surface area contributed by atoms with Gasteiger partial charge in [0.05, 0.1) is 36.7 Å². The van der Waals surface area contributed by atoms with Crippen LogP contribution >= 0.6 is 7.21 Å². The molecule has 0 aromatic heterocycles. The molecule has 0 spiro atoms. The second-order valence-corrected chi connectivity index (χ2v) is 14.0. The Balaban J connectivity index is 1.49. The van der Waals surface area contributed by atoms with Crippen molar-refractivity contribution in [2.24, 2.45) is 4.74 Å². The molecule has 3 aliphatic rings. The second-order valence-electron chi connectivity index (χ2n) is 10.8. The number of non-ortho nitro benzene ring substituents is 1. The normalized spacial score (nSPS) is 21.6. The Bertz CT molecular complexity index is 1400. The van der Waals surface area contributed by atoms with E-state index < -0.39 is 7.21 Å². The Morgan fingerprint density at radius 2 is 1.46 bits per heavy atom. The van der Waals surface area contributed by atoms with Gasteiger partial charge in [0.15, 0.2) is 0 Å². The minimum atomic E-state index is -2.39. The van der Waals surface area contributed by atoms with Crippen LogP contribution in [0, 0.1) is 10.1 Å². The number of piperazine rings is 1. The van der Waals surface area contributed by atoms with Gasteiger partial charge >= 0.3 is 0 Å². The van der Waals surface area contributed by atoms with E-state index in [9.17, 15) is 10.1 Å². The van der Waals surface area contributed by atoms with Crippen molar-refractivity contribution < 1.29 is 9.66 Å². The molecule has 0 N–H and O–H groups in total. The number of morpholine rings is 1. The quantitative estimate of drug-likeness (QED) is 0.189. The minimum Gasteiger partial charge on any atom is -0.378 e. The molecule has 0 bridgehead atoms. The van der Waals surface area contributed by atoms with Crippen molar-refractivity contribution in [2.45, 2.75) is 24.9 Å². The molecule has 9 heteroatoms. The lowest BCUT2D eigenvalue weighted by Crippen LogP contribution is -2.49. The van der Waals surface area contributed by atoms with Crippen LogP contribution in [0.1, 0.15) is 19.3 Å². The van der Waals surface area contributed by atoms with Crippen LogP contribution in [0.15, 0.2) is 101 Å². The van der Waals surface area contributed by atoms with Gasteiger partial charge in [-0.25, -0.2) is 4.74 Å². The van der Waals surface area contributed by atoms with Crippen LogP contribution < -0.4 is 10.2 Å². The smallest absolute Gasteiger partial charge is 0.269 e. The van der Waals surface area contributed by atoms with Crippen LogP contribution in [0.5, 0.6) is 0 Å². The van der Waals surface area contributed by atoms with E-state index in [4.69, 9.17) is 9.48 Å². The van der Waals surface area contributed by atoms with Gasteiger partial charge in [0.25, 0.3) is 5.69 Å². The first-order valence-corrected chi connectivity index (χ1v) is 16.4. The summed E-state index contributed by atoms with van der Waals surface area (Å²) in [5, 5.41) is 12.7. The third-order valence-electron chi connectivity index (χ3n) is 8.46. The Labute approximate surface area is 242 Å². The van der Waals surface area contributed by atoms with Crippen LogP contribution in [-0.2, 0) is 4.74 Å². The van der Waals surface area contributed by atoms with Crippen molar-refractivity contribution in [1.82, 2.24) is 9.57 Å². The van der Waals surface area contributed by atoms with E-state index in [0.29, 0.717) is 0 Å². The zero-order valence-electron chi connectivity index (χ0n) is 23.4. The lowest BCUT2D eigenvalue weighted by Gasteiger charge is -2.49. The summed E-state index contributed by atoms with van der Waals surface area (Å²) in [7, 11) is -2.39. The summed E-state index contributed by atoms with van der Waals surface area (Å²) in [6.45, 7) is 6.95. The molecule has 0 amide bonds. The fraction of sp³-hybridized carbons (Fsp3) is 0.375. The first-order valence-electron chi connectivity index (χ1n) is 14.7. The standard InChI is InChI=1S/C32H38N5O3P/c38-37(39)29-17-15-27(16-18-29)33-41(30-11-5-2-6-12-30,32-14-8-7-13-31(32)35-23-25-40-26-24-35)36-21-19-34(20-22-36)28-9-3-1-4-10-28/h1-6,9-13,15-18,32H,7-8,14,19-26H2/t32-,41+/m1/s1. The van der Waals surface area contributed by atoms with Crippen molar-refractivity contribution in [3.05, 3.63) is 107 Å². The zero-order valence-corrected chi connectivity index (χ0v) is 24.3. The topological polar surface area (TPSA) is 74.4 Å². The predicted octanol–water partition coefficient (Wildman–Crippen LogP) is 6.26. The van der Waals surface area contributed by atoms with Crippen LogP contribution in [0.2, 0.25) is 0 Å². The van der Waals surface area contributed by atoms with Gasteiger partial charge in [0, 0.05) is 68.1 Å². The fourth-order valence-corrected chi connectivity index (χ4v) is 11.0. The third kappa shape index (κ3) is 5.82. The van der Waals surface area contributed by atoms with E-state index in [1.165, 1.54) is 16.7 Å². The maximum atomic E-state index is 11.4. The maximum absolute atomic E-state index is 11.4. The molecule has 2 heterocycles. The highest BCUT2D eigenvalue weighted by Gasteiger charge is 2.43. The Morgan fingerprint density at radius 3 is 2.12 bits per heavy atom. The van der Waals surface area contributed by atoms with E-state index in [-0.39, 0.29) is 16.3 Å². The van der Waals surface area contributed by atoms with Gasteiger partial charge in [-0.1, -0.05) is 54.6 Å². The third-order valence-corrected chi connectivity index (χ3v) is 12.7. The molecule has 41 heavy (non-hydrogen) atoms. The first kappa shape index (κ1) is 27.7. The van der Waals surface area contributed by atoms with E-state index >= 15 is 0 Å². The van der Waals surface area contributed by atoms with E-state index in [2.05, 4.69) is 81.2 Å². The molecule has 0 unspecified atom stereocenters. The Hall–Kier alpha value is -3.45. The van der Waals surface area contributed by atoms with E-state index in [0.717, 1.165) is 77.4 Å². The molecule has 1 aliphatic carbocycles. The minimum absolute atomic E-state index is 0.0932. The number of nitro benzene ring substituents is 1. The summed E-state index contributed by atoms with van der Waals surface area (Å²) in [6, 6.07) is 28.4. The summed E-state index contributed by atoms with van der Waals surface area (Å²) >= 11 is 0. The Morgan fingerprint density at radius 1 is 0.805 bits per heavy atom. The fourth-order valence-electron chi connectivity index (χ4n) is 6.46.